The second kappa shape index (κ2) is 7.12. The van der Waals surface area contributed by atoms with E-state index < -0.39 is 11.7 Å². The first-order valence-electron chi connectivity index (χ1n) is 8.87. The van der Waals surface area contributed by atoms with Crippen LogP contribution < -0.4 is 10.6 Å². The number of rotatable bonds is 3. The third-order valence-electron chi connectivity index (χ3n) is 4.98. The number of carbonyl (C=O) groups excluding carboxylic acids is 2. The molecule has 27 heavy (non-hydrogen) atoms. The van der Waals surface area contributed by atoms with Gasteiger partial charge in [0.1, 0.15) is 5.82 Å². The summed E-state index contributed by atoms with van der Waals surface area (Å²) < 4.78 is 13.5. The molecular weight excluding hydrogens is 363 g/mol. The minimum absolute atomic E-state index is 0.0866. The van der Waals surface area contributed by atoms with Crippen LogP contribution in [0.4, 0.5) is 10.1 Å². The van der Waals surface area contributed by atoms with E-state index in [1.54, 1.807) is 12.1 Å². The number of thiophene rings is 1. The Morgan fingerprint density at radius 2 is 2.15 bits per heavy atom. The molecule has 1 atom stereocenters. The Morgan fingerprint density at radius 1 is 1.30 bits per heavy atom. The summed E-state index contributed by atoms with van der Waals surface area (Å²) in [5.41, 5.74) is 4.17. The molecule has 0 saturated heterocycles. The lowest BCUT2D eigenvalue weighted by atomic mass is 9.75. The van der Waals surface area contributed by atoms with Gasteiger partial charge in [-0.05, 0) is 60.4 Å². The minimum atomic E-state index is -0.415. The van der Waals surface area contributed by atoms with Crippen molar-refractivity contribution in [3.63, 3.8) is 0 Å². The quantitative estimate of drug-likeness (QED) is 0.822. The number of hydrogen-bond donors (Lipinski definition) is 2. The molecule has 1 aliphatic heterocycles. The third kappa shape index (κ3) is 3.32. The van der Waals surface area contributed by atoms with E-state index in [0.29, 0.717) is 23.3 Å². The molecule has 0 spiro atoms. The summed E-state index contributed by atoms with van der Waals surface area (Å²) in [5.74, 6) is -1.05. The third-order valence-corrected chi connectivity index (χ3v) is 5.68. The highest BCUT2D eigenvalue weighted by Crippen LogP contribution is 2.42. The van der Waals surface area contributed by atoms with E-state index in [0.717, 1.165) is 29.8 Å². The van der Waals surface area contributed by atoms with Crippen LogP contribution in [0.15, 0.2) is 63.6 Å². The maximum absolute atomic E-state index is 13.5. The predicted molar refractivity (Wildman–Crippen MR) is 104 cm³/mol. The maximum Gasteiger partial charge on any atom is 0.254 e. The maximum atomic E-state index is 13.5. The molecule has 0 bridgehead atoms. The largest absolute Gasteiger partial charge is 0.362 e. The van der Waals surface area contributed by atoms with E-state index in [1.165, 1.54) is 23.5 Å². The average molecular weight is 382 g/mol. The van der Waals surface area contributed by atoms with E-state index in [2.05, 4.69) is 10.6 Å². The zero-order valence-electron chi connectivity index (χ0n) is 14.8. The minimum Gasteiger partial charge on any atom is -0.362 e. The van der Waals surface area contributed by atoms with Gasteiger partial charge in [0.15, 0.2) is 5.78 Å². The summed E-state index contributed by atoms with van der Waals surface area (Å²) in [6.07, 6.45) is 2.12. The number of dihydropyridines is 1. The first-order valence-corrected chi connectivity index (χ1v) is 9.82. The summed E-state index contributed by atoms with van der Waals surface area (Å²) in [6.45, 7) is 1.85. The first kappa shape index (κ1) is 17.7. The normalized spacial score (nSPS) is 19.6. The van der Waals surface area contributed by atoms with Gasteiger partial charge in [-0.25, -0.2) is 4.39 Å². The van der Waals surface area contributed by atoms with Crippen LogP contribution >= 0.6 is 11.3 Å². The Hall–Kier alpha value is -2.73. The zero-order chi connectivity index (χ0) is 19.0. The number of nitrogens with one attached hydrogen (secondary N) is 2. The van der Waals surface area contributed by atoms with E-state index in [-0.39, 0.29) is 11.7 Å². The number of amides is 1. The van der Waals surface area contributed by atoms with Gasteiger partial charge >= 0.3 is 0 Å². The van der Waals surface area contributed by atoms with Gasteiger partial charge in [0.2, 0.25) is 0 Å². The molecule has 2 N–H and O–H groups in total. The van der Waals surface area contributed by atoms with Crippen molar-refractivity contribution in [1.82, 2.24) is 5.32 Å². The summed E-state index contributed by atoms with van der Waals surface area (Å²) in [6, 6.07) is 7.75. The molecule has 0 radical (unpaired) electrons. The number of benzene rings is 1. The van der Waals surface area contributed by atoms with E-state index in [4.69, 9.17) is 0 Å². The van der Waals surface area contributed by atoms with Crippen LogP contribution in [-0.2, 0) is 9.59 Å². The fraction of sp³-hybridized carbons (Fsp3) is 0.238. The van der Waals surface area contributed by atoms with E-state index >= 15 is 0 Å². The van der Waals surface area contributed by atoms with Gasteiger partial charge in [-0.3, -0.25) is 9.59 Å². The number of hydrogen-bond acceptors (Lipinski definition) is 4. The fourth-order valence-corrected chi connectivity index (χ4v) is 4.51. The standard InChI is InChI=1S/C21H19FN2O2S/c1-12-18(21(26)24-15-5-2-4-14(22)10-15)19(13-8-9-27-11-13)20-16(23-12)6-3-7-17(20)25/h2,4-5,8-11,19,23H,3,6-7H2,1H3,(H,24,26). The lowest BCUT2D eigenvalue weighted by Crippen LogP contribution is -2.35. The zero-order valence-corrected chi connectivity index (χ0v) is 15.7. The Morgan fingerprint density at radius 3 is 2.89 bits per heavy atom. The van der Waals surface area contributed by atoms with Crippen molar-refractivity contribution in [3.8, 4) is 0 Å². The molecular formula is C21H19FN2O2S. The van der Waals surface area contributed by atoms with Crippen molar-refractivity contribution in [3.05, 3.63) is 75.0 Å². The van der Waals surface area contributed by atoms with Crippen LogP contribution in [0.1, 0.15) is 37.7 Å². The first-order chi connectivity index (χ1) is 13.0. The van der Waals surface area contributed by atoms with Crippen LogP contribution in [0.25, 0.3) is 0 Å². The predicted octanol–water partition coefficient (Wildman–Crippen LogP) is 4.49. The lowest BCUT2D eigenvalue weighted by molar-refractivity contribution is -0.116. The van der Waals surface area contributed by atoms with Crippen molar-refractivity contribution in [2.45, 2.75) is 32.1 Å². The molecule has 0 saturated carbocycles. The molecule has 0 fully saturated rings. The van der Waals surface area contributed by atoms with Crippen LogP contribution in [0.2, 0.25) is 0 Å². The van der Waals surface area contributed by atoms with Gasteiger partial charge < -0.3 is 10.6 Å². The van der Waals surface area contributed by atoms with Crippen molar-refractivity contribution in [1.29, 1.82) is 0 Å². The monoisotopic (exact) mass is 382 g/mol. The van der Waals surface area contributed by atoms with Crippen LogP contribution in [-0.4, -0.2) is 11.7 Å². The highest BCUT2D eigenvalue weighted by Gasteiger charge is 2.38. The number of ketones is 1. The summed E-state index contributed by atoms with van der Waals surface area (Å²) in [5, 5.41) is 9.98. The highest BCUT2D eigenvalue weighted by atomic mass is 32.1. The molecule has 4 rings (SSSR count). The van der Waals surface area contributed by atoms with Gasteiger partial charge in [0.05, 0.1) is 0 Å². The number of Topliss-reactive ketones (excluding diaryl/α,β-unsaturated/α-hetero) is 1. The molecule has 4 nitrogen and oxygen atoms in total. The van der Waals surface area contributed by atoms with Gasteiger partial charge in [-0.15, -0.1) is 0 Å². The van der Waals surface area contributed by atoms with E-state index in [9.17, 15) is 14.0 Å². The van der Waals surface area contributed by atoms with E-state index in [1.807, 2.05) is 23.8 Å². The Kier molecular flexibility index (Phi) is 4.66. The topological polar surface area (TPSA) is 58.2 Å². The van der Waals surface area contributed by atoms with Crippen LogP contribution in [0.3, 0.4) is 0 Å². The number of allylic oxidation sites excluding steroid dienone is 3. The Balaban J connectivity index is 1.75. The number of carbonyl (C=O) groups is 2. The smallest absolute Gasteiger partial charge is 0.254 e. The molecule has 1 aromatic carbocycles. The molecule has 1 unspecified atom stereocenters. The molecule has 2 aromatic rings. The summed E-state index contributed by atoms with van der Waals surface area (Å²) >= 11 is 1.54. The van der Waals surface area contributed by atoms with Gasteiger partial charge in [-0.2, -0.15) is 11.3 Å². The van der Waals surface area contributed by atoms with Crippen LogP contribution in [0, 0.1) is 5.82 Å². The fourth-order valence-electron chi connectivity index (χ4n) is 3.82. The Bertz CT molecular complexity index is 976. The highest BCUT2D eigenvalue weighted by molar-refractivity contribution is 7.08. The molecule has 2 heterocycles. The molecule has 1 aromatic heterocycles. The van der Waals surface area contributed by atoms with Gasteiger partial charge in [-0.1, -0.05) is 6.07 Å². The molecule has 1 aliphatic carbocycles. The van der Waals surface area contributed by atoms with Crippen molar-refractivity contribution in [2.24, 2.45) is 0 Å². The average Bonchev–Trinajstić information content (AvgIpc) is 3.15. The molecule has 138 valence electrons. The Labute approximate surface area is 160 Å². The lowest BCUT2D eigenvalue weighted by Gasteiger charge is -2.34. The molecule has 6 heteroatoms. The second-order valence-electron chi connectivity index (χ2n) is 6.79. The second-order valence-corrected chi connectivity index (χ2v) is 7.57. The van der Waals surface area contributed by atoms with Crippen molar-refractivity contribution >= 4 is 28.7 Å². The number of halogens is 1. The molecule has 2 aliphatic rings. The van der Waals surface area contributed by atoms with Crippen molar-refractivity contribution in [2.75, 3.05) is 5.32 Å². The van der Waals surface area contributed by atoms with Gasteiger partial charge in [0.25, 0.3) is 5.91 Å². The van der Waals surface area contributed by atoms with Crippen LogP contribution in [0.5, 0.6) is 0 Å². The van der Waals surface area contributed by atoms with Gasteiger partial charge in [0, 0.05) is 40.6 Å². The summed E-state index contributed by atoms with van der Waals surface area (Å²) in [4.78, 5) is 25.8. The SMILES string of the molecule is CC1=C(C(=O)Nc2cccc(F)c2)C(c2ccsc2)C2=C(CCCC2=O)N1. The van der Waals surface area contributed by atoms with Crippen molar-refractivity contribution < 1.29 is 14.0 Å². The molecule has 1 amide bonds. The number of anilines is 1. The summed E-state index contributed by atoms with van der Waals surface area (Å²) in [7, 11) is 0.